The molecular formula is C33H34N4O3. The van der Waals surface area contributed by atoms with Gasteiger partial charge in [-0.1, -0.05) is 42.0 Å². The molecule has 5 rings (SSSR count). The summed E-state index contributed by atoms with van der Waals surface area (Å²) in [5, 5.41) is 13.0. The van der Waals surface area contributed by atoms with Crippen LogP contribution in [0.4, 0.5) is 4.79 Å². The molecular weight excluding hydrogens is 500 g/mol. The lowest BCUT2D eigenvalue weighted by atomic mass is 9.91. The van der Waals surface area contributed by atoms with Gasteiger partial charge in [-0.3, -0.25) is 4.79 Å². The molecule has 0 bridgehead atoms. The summed E-state index contributed by atoms with van der Waals surface area (Å²) in [6.07, 6.45) is 2.90. The summed E-state index contributed by atoms with van der Waals surface area (Å²) in [6, 6.07) is 22.1. The van der Waals surface area contributed by atoms with Crippen LogP contribution in [-0.2, 0) is 4.74 Å². The highest BCUT2D eigenvalue weighted by Crippen LogP contribution is 2.37. The van der Waals surface area contributed by atoms with Crippen molar-refractivity contribution in [2.45, 2.75) is 52.2 Å². The van der Waals surface area contributed by atoms with Gasteiger partial charge in [-0.15, -0.1) is 0 Å². The number of alkyl carbamates (subject to hydrolysis) is 1. The van der Waals surface area contributed by atoms with Crippen molar-refractivity contribution in [3.8, 4) is 28.3 Å². The van der Waals surface area contributed by atoms with E-state index >= 15 is 0 Å². The molecule has 1 fully saturated rings. The molecule has 1 saturated heterocycles. The van der Waals surface area contributed by atoms with Crippen LogP contribution < -0.4 is 5.32 Å². The van der Waals surface area contributed by atoms with Crippen LogP contribution in [-0.4, -0.2) is 46.6 Å². The van der Waals surface area contributed by atoms with E-state index < -0.39 is 11.7 Å². The zero-order chi connectivity index (χ0) is 28.4. The Morgan fingerprint density at radius 2 is 1.68 bits per heavy atom. The third-order valence-corrected chi connectivity index (χ3v) is 7.17. The highest BCUT2D eigenvalue weighted by molar-refractivity contribution is 6.09. The first-order valence-corrected chi connectivity index (χ1v) is 13.6. The first-order chi connectivity index (χ1) is 19.1. The average Bonchev–Trinajstić information content (AvgIpc) is 3.34. The van der Waals surface area contributed by atoms with E-state index in [4.69, 9.17) is 4.74 Å². The standard InChI is InChI=1S/C33H34N4O3/c1-21-7-11-23(12-8-21)27-17-30-28(16-26(27)24-13-9-22(18-34)10-14-24)29(19-35-30)31(38)37-15-5-6-25(20-37)36-32(39)40-33(2,3)4/h7-14,16-17,19,25,35H,5-6,15,20H2,1-4H3,(H,36,39). The van der Waals surface area contributed by atoms with E-state index in [0.29, 0.717) is 24.2 Å². The molecule has 3 aromatic carbocycles. The SMILES string of the molecule is Cc1ccc(-c2cc3[nH]cc(C(=O)N4CCCC(NC(=O)OC(C)(C)C)C4)c3cc2-c2ccc(C#N)cc2)cc1. The molecule has 1 atom stereocenters. The lowest BCUT2D eigenvalue weighted by Gasteiger charge is -2.33. The number of carbonyl (C=O) groups excluding carboxylic acids is 2. The molecule has 1 unspecified atom stereocenters. The topological polar surface area (TPSA) is 98.2 Å². The van der Waals surface area contributed by atoms with E-state index in [1.807, 2.05) is 49.9 Å². The van der Waals surface area contributed by atoms with Crippen molar-refractivity contribution in [1.29, 1.82) is 5.26 Å². The maximum Gasteiger partial charge on any atom is 0.407 e. The number of aryl methyl sites for hydroxylation is 1. The molecule has 0 radical (unpaired) electrons. The molecule has 0 saturated carbocycles. The normalized spacial score (nSPS) is 15.5. The smallest absolute Gasteiger partial charge is 0.407 e. The van der Waals surface area contributed by atoms with Crippen molar-refractivity contribution >= 4 is 22.9 Å². The molecule has 2 heterocycles. The Hall–Kier alpha value is -4.57. The fourth-order valence-electron chi connectivity index (χ4n) is 5.21. The molecule has 7 nitrogen and oxygen atoms in total. The van der Waals surface area contributed by atoms with Crippen LogP contribution in [0.3, 0.4) is 0 Å². The number of likely N-dealkylation sites (tertiary alicyclic amines) is 1. The fraction of sp³-hybridized carbons (Fsp3) is 0.303. The zero-order valence-electron chi connectivity index (χ0n) is 23.4. The predicted octanol–water partition coefficient (Wildman–Crippen LogP) is 6.81. The van der Waals surface area contributed by atoms with Crippen LogP contribution in [0.1, 0.15) is 55.1 Å². The second-order valence-electron chi connectivity index (χ2n) is 11.4. The van der Waals surface area contributed by atoms with Crippen LogP contribution in [0.5, 0.6) is 0 Å². The molecule has 2 amide bonds. The highest BCUT2D eigenvalue weighted by atomic mass is 16.6. The fourth-order valence-corrected chi connectivity index (χ4v) is 5.21. The van der Waals surface area contributed by atoms with Crippen LogP contribution in [0, 0.1) is 18.3 Å². The van der Waals surface area contributed by atoms with Gasteiger partial charge in [0.15, 0.2) is 0 Å². The maximum absolute atomic E-state index is 13.8. The number of nitrogens with zero attached hydrogens (tertiary/aromatic N) is 2. The Balaban J connectivity index is 1.48. The zero-order valence-corrected chi connectivity index (χ0v) is 23.4. The van der Waals surface area contributed by atoms with Gasteiger partial charge in [0.25, 0.3) is 5.91 Å². The van der Waals surface area contributed by atoms with Crippen molar-refractivity contribution in [3.63, 3.8) is 0 Å². The van der Waals surface area contributed by atoms with Crippen molar-refractivity contribution in [3.05, 3.63) is 83.6 Å². The van der Waals surface area contributed by atoms with Gasteiger partial charge in [-0.05, 0) is 87.1 Å². The van der Waals surface area contributed by atoms with Crippen LogP contribution >= 0.6 is 0 Å². The molecule has 204 valence electrons. The lowest BCUT2D eigenvalue weighted by Crippen LogP contribution is -2.50. The third kappa shape index (κ3) is 5.86. The van der Waals surface area contributed by atoms with E-state index in [2.05, 4.69) is 59.7 Å². The van der Waals surface area contributed by atoms with Gasteiger partial charge in [0.05, 0.1) is 17.2 Å². The van der Waals surface area contributed by atoms with E-state index in [1.54, 1.807) is 6.20 Å². The summed E-state index contributed by atoms with van der Waals surface area (Å²) >= 11 is 0. The van der Waals surface area contributed by atoms with Crippen molar-refractivity contribution in [2.24, 2.45) is 0 Å². The Labute approximate surface area is 234 Å². The Bertz CT molecular complexity index is 1590. The Kier molecular flexibility index (Phi) is 7.36. The van der Waals surface area contributed by atoms with Crippen LogP contribution in [0.25, 0.3) is 33.2 Å². The number of benzene rings is 3. The predicted molar refractivity (Wildman–Crippen MR) is 157 cm³/mol. The number of nitriles is 1. The quantitative estimate of drug-likeness (QED) is 0.300. The summed E-state index contributed by atoms with van der Waals surface area (Å²) in [7, 11) is 0. The summed E-state index contributed by atoms with van der Waals surface area (Å²) in [6.45, 7) is 8.60. The second kappa shape index (κ2) is 10.9. The van der Waals surface area contributed by atoms with Gasteiger partial charge in [-0.2, -0.15) is 5.26 Å². The number of H-pyrrole nitrogens is 1. The van der Waals surface area contributed by atoms with E-state index in [1.165, 1.54) is 5.56 Å². The molecule has 40 heavy (non-hydrogen) atoms. The number of piperidine rings is 1. The van der Waals surface area contributed by atoms with Gasteiger partial charge in [0.2, 0.25) is 0 Å². The van der Waals surface area contributed by atoms with Crippen LogP contribution in [0.15, 0.2) is 66.9 Å². The van der Waals surface area contributed by atoms with E-state index in [9.17, 15) is 14.9 Å². The van der Waals surface area contributed by atoms with Gasteiger partial charge in [0, 0.05) is 36.2 Å². The number of aromatic nitrogens is 1. The third-order valence-electron chi connectivity index (χ3n) is 7.17. The van der Waals surface area contributed by atoms with Crippen LogP contribution in [0.2, 0.25) is 0 Å². The number of rotatable bonds is 4. The number of amides is 2. The monoisotopic (exact) mass is 534 g/mol. The minimum atomic E-state index is -0.581. The number of aromatic amines is 1. The molecule has 7 heteroatoms. The minimum Gasteiger partial charge on any atom is -0.444 e. The highest BCUT2D eigenvalue weighted by Gasteiger charge is 2.28. The van der Waals surface area contributed by atoms with E-state index in [-0.39, 0.29) is 11.9 Å². The molecule has 0 aliphatic carbocycles. The largest absolute Gasteiger partial charge is 0.444 e. The van der Waals surface area contributed by atoms with Gasteiger partial charge in [0.1, 0.15) is 5.60 Å². The number of carbonyl (C=O) groups is 2. The summed E-state index contributed by atoms with van der Waals surface area (Å²) in [5.74, 6) is -0.0733. The second-order valence-corrected chi connectivity index (χ2v) is 11.4. The molecule has 4 aromatic rings. The first kappa shape index (κ1) is 27.0. The summed E-state index contributed by atoms with van der Waals surface area (Å²) in [4.78, 5) is 31.2. The minimum absolute atomic E-state index is 0.0733. The number of hydrogen-bond acceptors (Lipinski definition) is 4. The Morgan fingerprint density at radius 1 is 1.02 bits per heavy atom. The maximum atomic E-state index is 13.8. The number of hydrogen-bond donors (Lipinski definition) is 2. The summed E-state index contributed by atoms with van der Waals surface area (Å²) < 4.78 is 5.41. The number of fused-ring (bicyclic) bond motifs is 1. The molecule has 2 N–H and O–H groups in total. The Morgan fingerprint density at radius 3 is 2.33 bits per heavy atom. The average molecular weight is 535 g/mol. The molecule has 0 spiro atoms. The van der Waals surface area contributed by atoms with Crippen molar-refractivity contribution in [2.75, 3.05) is 13.1 Å². The van der Waals surface area contributed by atoms with Crippen molar-refractivity contribution in [1.82, 2.24) is 15.2 Å². The summed E-state index contributed by atoms with van der Waals surface area (Å²) in [5.41, 5.74) is 6.72. The number of ether oxygens (including phenoxy) is 1. The molecule has 1 aliphatic heterocycles. The van der Waals surface area contributed by atoms with E-state index in [0.717, 1.165) is 46.0 Å². The van der Waals surface area contributed by atoms with Gasteiger partial charge >= 0.3 is 6.09 Å². The van der Waals surface area contributed by atoms with Crippen molar-refractivity contribution < 1.29 is 14.3 Å². The first-order valence-electron chi connectivity index (χ1n) is 13.6. The van der Waals surface area contributed by atoms with Gasteiger partial charge in [-0.25, -0.2) is 4.79 Å². The lowest BCUT2D eigenvalue weighted by molar-refractivity contribution is 0.0452. The number of nitrogens with one attached hydrogen (secondary N) is 2. The molecule has 1 aliphatic rings. The van der Waals surface area contributed by atoms with Gasteiger partial charge < -0.3 is 19.9 Å². The molecule has 1 aromatic heterocycles.